The number of amides is 1. The van der Waals surface area contributed by atoms with Gasteiger partial charge in [-0.2, -0.15) is 4.72 Å². The maximum Gasteiger partial charge on any atom is 0.241 e. The summed E-state index contributed by atoms with van der Waals surface area (Å²) in [6, 6.07) is 6.09. The van der Waals surface area contributed by atoms with Crippen LogP contribution in [0.2, 0.25) is 0 Å². The lowest BCUT2D eigenvalue weighted by Crippen LogP contribution is -2.50. The van der Waals surface area contributed by atoms with Gasteiger partial charge in [0.05, 0.1) is 4.90 Å². The molecule has 1 aliphatic rings. The van der Waals surface area contributed by atoms with E-state index in [-0.39, 0.29) is 22.8 Å². The van der Waals surface area contributed by atoms with Crippen molar-refractivity contribution in [2.24, 2.45) is 5.92 Å². The molecule has 0 saturated heterocycles. The molecule has 1 atom stereocenters. The molecule has 1 aromatic rings. The quantitative estimate of drug-likeness (QED) is 0.711. The van der Waals surface area contributed by atoms with Crippen molar-refractivity contribution >= 4 is 15.9 Å². The summed E-state index contributed by atoms with van der Waals surface area (Å²) in [6.07, 6.45) is 7.09. The Hall–Kier alpha value is -1.40. The lowest BCUT2D eigenvalue weighted by Gasteiger charge is -2.24. The third-order valence-corrected chi connectivity index (χ3v) is 6.34. The molecular weight excluding hydrogens is 348 g/mol. The average molecular weight is 381 g/mol. The van der Waals surface area contributed by atoms with Crippen LogP contribution in [0.25, 0.3) is 0 Å². The maximum atomic E-state index is 12.8. The summed E-state index contributed by atoms with van der Waals surface area (Å²) in [7, 11) is -3.73. The second-order valence-electron chi connectivity index (χ2n) is 7.81. The van der Waals surface area contributed by atoms with Gasteiger partial charge in [0.2, 0.25) is 15.9 Å². The number of nitrogens with one attached hydrogen (secondary N) is 2. The molecule has 146 valence electrons. The number of hydrogen-bond donors (Lipinski definition) is 2. The topological polar surface area (TPSA) is 75.3 Å². The summed E-state index contributed by atoms with van der Waals surface area (Å²) in [5.41, 5.74) is 0.994. The smallest absolute Gasteiger partial charge is 0.241 e. The maximum absolute atomic E-state index is 12.8. The zero-order valence-electron chi connectivity index (χ0n) is 16.1. The molecule has 0 aliphatic heterocycles. The Balaban J connectivity index is 2.10. The second-order valence-corrected chi connectivity index (χ2v) is 9.53. The molecule has 0 bridgehead atoms. The highest BCUT2D eigenvalue weighted by atomic mass is 32.2. The molecule has 0 radical (unpaired) electrons. The van der Waals surface area contributed by atoms with Crippen LogP contribution in [-0.4, -0.2) is 26.4 Å². The summed E-state index contributed by atoms with van der Waals surface area (Å²) in [5, 5.41) is 3.08. The molecule has 0 spiro atoms. The minimum Gasteiger partial charge on any atom is -0.352 e. The third-order valence-electron chi connectivity index (χ3n) is 4.85. The first-order chi connectivity index (χ1) is 12.3. The molecule has 0 aromatic heterocycles. The van der Waals surface area contributed by atoms with E-state index < -0.39 is 16.1 Å². The lowest BCUT2D eigenvalue weighted by atomic mass is 10.0. The van der Waals surface area contributed by atoms with E-state index >= 15 is 0 Å². The molecule has 1 fully saturated rings. The van der Waals surface area contributed by atoms with Gasteiger partial charge in [-0.15, -0.1) is 0 Å². The lowest BCUT2D eigenvalue weighted by molar-refractivity contribution is -0.123. The van der Waals surface area contributed by atoms with Crippen molar-refractivity contribution in [3.05, 3.63) is 29.8 Å². The monoisotopic (exact) mass is 380 g/mol. The van der Waals surface area contributed by atoms with Crippen LogP contribution in [0, 0.1) is 12.8 Å². The van der Waals surface area contributed by atoms with E-state index in [9.17, 15) is 13.2 Å². The first-order valence-electron chi connectivity index (χ1n) is 9.67. The Bertz CT molecular complexity index is 676. The van der Waals surface area contributed by atoms with Crippen LogP contribution in [0.5, 0.6) is 0 Å². The van der Waals surface area contributed by atoms with Gasteiger partial charge in [-0.05, 0) is 44.2 Å². The van der Waals surface area contributed by atoms with Crippen molar-refractivity contribution in [3.8, 4) is 0 Å². The van der Waals surface area contributed by atoms with Crippen LogP contribution < -0.4 is 10.0 Å². The fourth-order valence-corrected chi connectivity index (χ4v) is 4.59. The van der Waals surface area contributed by atoms with E-state index in [0.717, 1.165) is 31.2 Å². The molecule has 26 heavy (non-hydrogen) atoms. The number of benzene rings is 1. The fraction of sp³-hybridized carbons (Fsp3) is 0.650. The molecule has 2 rings (SSSR count). The molecular formula is C20H32N2O3S. The zero-order valence-corrected chi connectivity index (χ0v) is 16.9. The van der Waals surface area contributed by atoms with Gasteiger partial charge in [0.1, 0.15) is 6.04 Å². The van der Waals surface area contributed by atoms with Crippen LogP contribution in [-0.2, 0) is 14.8 Å². The number of carbonyl (C=O) groups is 1. The van der Waals surface area contributed by atoms with Crippen LogP contribution in [0.4, 0.5) is 0 Å². The van der Waals surface area contributed by atoms with Crippen molar-refractivity contribution in [1.29, 1.82) is 0 Å². The number of hydrogen-bond acceptors (Lipinski definition) is 3. The minimum atomic E-state index is -3.73. The van der Waals surface area contributed by atoms with Crippen LogP contribution in [0.15, 0.2) is 29.2 Å². The number of aryl methyl sites for hydroxylation is 1. The molecule has 5 nitrogen and oxygen atoms in total. The Morgan fingerprint density at radius 2 is 1.65 bits per heavy atom. The van der Waals surface area contributed by atoms with E-state index in [1.54, 1.807) is 24.3 Å². The summed E-state index contributed by atoms with van der Waals surface area (Å²) in [5.74, 6) is 0.00175. The number of rotatable bonds is 7. The average Bonchev–Trinajstić information content (AvgIpc) is 2.82. The van der Waals surface area contributed by atoms with Gasteiger partial charge in [-0.25, -0.2) is 8.42 Å². The van der Waals surface area contributed by atoms with Crippen molar-refractivity contribution in [3.63, 3.8) is 0 Å². The highest BCUT2D eigenvalue weighted by Gasteiger charge is 2.28. The van der Waals surface area contributed by atoms with E-state index in [0.29, 0.717) is 6.42 Å². The Morgan fingerprint density at radius 1 is 1.08 bits per heavy atom. The minimum absolute atomic E-state index is 0.156. The molecule has 1 unspecified atom stereocenters. The molecule has 1 amide bonds. The summed E-state index contributed by atoms with van der Waals surface area (Å²) in [4.78, 5) is 13.0. The largest absolute Gasteiger partial charge is 0.352 e. The molecule has 0 heterocycles. The van der Waals surface area contributed by atoms with E-state index in [1.807, 2.05) is 20.8 Å². The normalized spacial score (nSPS) is 17.7. The molecule has 1 saturated carbocycles. The van der Waals surface area contributed by atoms with Gasteiger partial charge >= 0.3 is 0 Å². The van der Waals surface area contributed by atoms with Crippen molar-refractivity contribution in [2.75, 3.05) is 0 Å². The van der Waals surface area contributed by atoms with Crippen LogP contribution in [0.3, 0.4) is 0 Å². The van der Waals surface area contributed by atoms with E-state index in [1.165, 1.54) is 12.8 Å². The van der Waals surface area contributed by atoms with Gasteiger partial charge in [0, 0.05) is 6.04 Å². The third kappa shape index (κ3) is 6.40. The summed E-state index contributed by atoms with van der Waals surface area (Å²) < 4.78 is 28.0. The Kier molecular flexibility index (Phi) is 7.65. The number of carbonyl (C=O) groups excluding carboxylic acids is 1. The first-order valence-corrected chi connectivity index (χ1v) is 11.2. The SMILES string of the molecule is Cc1ccc(S(=O)(=O)NC(CC(C)C)C(=O)NC2CCCCCC2)cc1. The van der Waals surface area contributed by atoms with Crippen LogP contribution in [0.1, 0.15) is 64.4 Å². The Morgan fingerprint density at radius 3 is 2.19 bits per heavy atom. The standard InChI is InChI=1S/C20H32N2O3S/c1-15(2)14-19(20(23)21-17-8-6-4-5-7-9-17)22-26(24,25)18-12-10-16(3)11-13-18/h10-13,15,17,19,22H,4-9,14H2,1-3H3,(H,21,23). The van der Waals surface area contributed by atoms with Crippen molar-refractivity contribution in [1.82, 2.24) is 10.0 Å². The molecule has 2 N–H and O–H groups in total. The van der Waals surface area contributed by atoms with Gasteiger partial charge < -0.3 is 5.32 Å². The molecule has 6 heteroatoms. The highest BCUT2D eigenvalue weighted by Crippen LogP contribution is 2.18. The second kappa shape index (κ2) is 9.51. The Labute approximate surface area is 158 Å². The number of sulfonamides is 1. The predicted octanol–water partition coefficient (Wildman–Crippen LogP) is 3.53. The highest BCUT2D eigenvalue weighted by molar-refractivity contribution is 7.89. The summed E-state index contributed by atoms with van der Waals surface area (Å²) >= 11 is 0. The van der Waals surface area contributed by atoms with Crippen LogP contribution >= 0.6 is 0 Å². The van der Waals surface area contributed by atoms with E-state index in [2.05, 4.69) is 10.0 Å². The summed E-state index contributed by atoms with van der Waals surface area (Å²) in [6.45, 7) is 5.89. The fourth-order valence-electron chi connectivity index (χ4n) is 3.38. The van der Waals surface area contributed by atoms with Gasteiger partial charge in [-0.1, -0.05) is 57.2 Å². The van der Waals surface area contributed by atoms with E-state index in [4.69, 9.17) is 0 Å². The van der Waals surface area contributed by atoms with Crippen molar-refractivity contribution < 1.29 is 13.2 Å². The van der Waals surface area contributed by atoms with Gasteiger partial charge in [-0.3, -0.25) is 4.79 Å². The first kappa shape index (κ1) is 20.9. The predicted molar refractivity (Wildman–Crippen MR) is 104 cm³/mol. The molecule has 1 aliphatic carbocycles. The zero-order chi connectivity index (χ0) is 19.2. The molecule has 1 aromatic carbocycles. The van der Waals surface area contributed by atoms with Crippen molar-refractivity contribution in [2.45, 2.75) is 82.7 Å². The van der Waals surface area contributed by atoms with Gasteiger partial charge in [0.25, 0.3) is 0 Å². The van der Waals surface area contributed by atoms with Gasteiger partial charge in [0.15, 0.2) is 0 Å².